The highest BCUT2D eigenvalue weighted by Gasteiger charge is 2.39. The Kier molecular flexibility index (Phi) is 4.40. The monoisotopic (exact) mass is 341 g/mol. The Bertz CT molecular complexity index is 830. The summed E-state index contributed by atoms with van der Waals surface area (Å²) in [4.78, 5) is 11.9. The fourth-order valence-corrected chi connectivity index (χ4v) is 3.01. The van der Waals surface area contributed by atoms with Crippen LogP contribution in [0.3, 0.4) is 0 Å². The van der Waals surface area contributed by atoms with E-state index in [1.807, 2.05) is 18.2 Å². The van der Waals surface area contributed by atoms with Gasteiger partial charge >= 0.3 is 0 Å². The molecule has 1 heterocycles. The van der Waals surface area contributed by atoms with Crippen LogP contribution in [0, 0.1) is 11.9 Å². The van der Waals surface area contributed by atoms with Gasteiger partial charge in [-0.05, 0) is 36.6 Å². The zero-order valence-electron chi connectivity index (χ0n) is 12.9. The third kappa shape index (κ3) is 2.93. The van der Waals surface area contributed by atoms with E-state index in [-0.39, 0.29) is 11.7 Å². The van der Waals surface area contributed by atoms with Crippen LogP contribution < -0.4 is 10.6 Å². The van der Waals surface area contributed by atoms with Gasteiger partial charge in [0.2, 0.25) is 5.91 Å². The molecule has 1 atom stereocenters. The summed E-state index contributed by atoms with van der Waals surface area (Å²) < 4.78 is 13.4. The first-order valence-corrected chi connectivity index (χ1v) is 7.77. The summed E-state index contributed by atoms with van der Waals surface area (Å²) in [5.41, 5.74) is 0.969. The Labute approximate surface area is 144 Å². The lowest BCUT2D eigenvalue weighted by Crippen LogP contribution is -2.55. The first-order chi connectivity index (χ1) is 11.5. The lowest BCUT2D eigenvalue weighted by Gasteiger charge is -2.39. The number of amides is 1. The number of hydrogen-bond acceptors (Lipinski definition) is 2. The Morgan fingerprint density at radius 2 is 1.92 bits per heavy atom. The largest absolute Gasteiger partial charge is 0.361 e. The molecule has 2 aromatic rings. The first-order valence-electron chi connectivity index (χ1n) is 7.39. The second-order valence-electron chi connectivity index (χ2n) is 5.41. The van der Waals surface area contributed by atoms with Gasteiger partial charge in [0, 0.05) is 28.6 Å². The van der Waals surface area contributed by atoms with Crippen LogP contribution in [0.1, 0.15) is 18.1 Å². The van der Waals surface area contributed by atoms with Crippen molar-refractivity contribution in [3.8, 4) is 0 Å². The zero-order chi connectivity index (χ0) is 17.2. The van der Waals surface area contributed by atoms with Gasteiger partial charge < -0.3 is 10.6 Å². The number of halogens is 2. The molecule has 0 saturated heterocycles. The standard InChI is InChI=1S/C19H15ClFN2O/c1-13(24)23-19(14-8-10-15(21)11-9-14)17(6-4-12-22-19)16-5-2-3-7-18(16)20/h2-5,7-12,22H,1H3,(H,23,24). The highest BCUT2D eigenvalue weighted by Crippen LogP contribution is 2.38. The molecule has 3 nitrogen and oxygen atoms in total. The fraction of sp³-hybridized carbons (Fsp3) is 0.105. The summed E-state index contributed by atoms with van der Waals surface area (Å²) in [5.74, 6) is -0.594. The van der Waals surface area contributed by atoms with E-state index in [0.29, 0.717) is 16.2 Å². The maximum absolute atomic E-state index is 13.4. The van der Waals surface area contributed by atoms with E-state index in [4.69, 9.17) is 11.6 Å². The molecular weight excluding hydrogens is 327 g/mol. The van der Waals surface area contributed by atoms with Gasteiger partial charge in [0.25, 0.3) is 0 Å². The molecule has 0 spiro atoms. The molecule has 1 amide bonds. The summed E-state index contributed by atoms with van der Waals surface area (Å²) in [6.07, 6.45) is 6.56. The number of carbonyl (C=O) groups excluding carboxylic acids is 1. The van der Waals surface area contributed by atoms with Crippen LogP contribution in [-0.4, -0.2) is 5.91 Å². The number of nitrogens with one attached hydrogen (secondary N) is 2. The summed E-state index contributed by atoms with van der Waals surface area (Å²) in [5, 5.41) is 6.64. The lowest BCUT2D eigenvalue weighted by atomic mass is 9.84. The molecule has 1 radical (unpaired) electrons. The maximum atomic E-state index is 13.4. The summed E-state index contributed by atoms with van der Waals surface area (Å²) in [6, 6.07) is 13.3. The van der Waals surface area contributed by atoms with Crippen molar-refractivity contribution in [2.24, 2.45) is 0 Å². The van der Waals surface area contributed by atoms with Gasteiger partial charge in [-0.2, -0.15) is 0 Å². The number of dihydropyridines is 1. The van der Waals surface area contributed by atoms with E-state index in [2.05, 4.69) is 16.7 Å². The van der Waals surface area contributed by atoms with Crippen molar-refractivity contribution in [3.63, 3.8) is 0 Å². The van der Waals surface area contributed by atoms with Crippen molar-refractivity contribution in [3.05, 3.63) is 88.8 Å². The number of carbonyl (C=O) groups is 1. The molecule has 121 valence electrons. The number of hydrogen-bond donors (Lipinski definition) is 2. The van der Waals surface area contributed by atoms with Crippen molar-refractivity contribution in [1.29, 1.82) is 0 Å². The molecular formula is C19H15ClFN2O. The molecule has 1 aliphatic rings. The number of benzene rings is 2. The van der Waals surface area contributed by atoms with E-state index < -0.39 is 5.66 Å². The maximum Gasteiger partial charge on any atom is 0.219 e. The molecule has 0 fully saturated rings. The molecule has 0 saturated carbocycles. The van der Waals surface area contributed by atoms with E-state index in [9.17, 15) is 9.18 Å². The quantitative estimate of drug-likeness (QED) is 0.892. The van der Waals surface area contributed by atoms with E-state index in [1.165, 1.54) is 19.1 Å². The van der Waals surface area contributed by atoms with Gasteiger partial charge in [-0.1, -0.05) is 41.9 Å². The Morgan fingerprint density at radius 1 is 1.21 bits per heavy atom. The molecule has 2 N–H and O–H groups in total. The smallest absolute Gasteiger partial charge is 0.219 e. The third-order valence-electron chi connectivity index (χ3n) is 3.77. The highest BCUT2D eigenvalue weighted by atomic mass is 35.5. The minimum absolute atomic E-state index is 0.242. The molecule has 2 aromatic carbocycles. The summed E-state index contributed by atoms with van der Waals surface area (Å²) >= 11 is 6.35. The van der Waals surface area contributed by atoms with Gasteiger partial charge in [0.1, 0.15) is 5.82 Å². The van der Waals surface area contributed by atoms with E-state index >= 15 is 0 Å². The molecule has 0 aliphatic carbocycles. The van der Waals surface area contributed by atoms with Crippen LogP contribution in [-0.2, 0) is 10.5 Å². The average molecular weight is 342 g/mol. The van der Waals surface area contributed by atoms with Gasteiger partial charge in [-0.15, -0.1) is 0 Å². The summed E-state index contributed by atoms with van der Waals surface area (Å²) in [6.45, 7) is 1.43. The van der Waals surface area contributed by atoms with Crippen molar-refractivity contribution in [2.75, 3.05) is 0 Å². The topological polar surface area (TPSA) is 41.1 Å². The first kappa shape index (κ1) is 16.3. The lowest BCUT2D eigenvalue weighted by molar-refractivity contribution is -0.120. The molecule has 1 aliphatic heterocycles. The molecule has 5 heteroatoms. The zero-order valence-corrected chi connectivity index (χ0v) is 13.7. The number of rotatable bonds is 3. The van der Waals surface area contributed by atoms with E-state index in [1.54, 1.807) is 30.5 Å². The SMILES string of the molecule is CC(=O)NC1(c2ccc(F)cc2)NC=C[C]=C1c1ccccc1Cl. The van der Waals surface area contributed by atoms with Crippen molar-refractivity contribution < 1.29 is 9.18 Å². The predicted octanol–water partition coefficient (Wildman–Crippen LogP) is 3.77. The third-order valence-corrected chi connectivity index (χ3v) is 4.10. The number of allylic oxidation sites excluding steroid dienone is 2. The molecule has 0 bridgehead atoms. The van der Waals surface area contributed by atoms with Crippen LogP contribution in [0.25, 0.3) is 5.57 Å². The normalized spacial score (nSPS) is 19.4. The predicted molar refractivity (Wildman–Crippen MR) is 92.3 cm³/mol. The Morgan fingerprint density at radius 3 is 2.58 bits per heavy atom. The van der Waals surface area contributed by atoms with Crippen LogP contribution in [0.4, 0.5) is 4.39 Å². The van der Waals surface area contributed by atoms with Crippen molar-refractivity contribution in [2.45, 2.75) is 12.6 Å². The second kappa shape index (κ2) is 6.49. The van der Waals surface area contributed by atoms with Gasteiger partial charge in [0.05, 0.1) is 0 Å². The Hall–Kier alpha value is -2.59. The molecule has 0 aromatic heterocycles. The second-order valence-corrected chi connectivity index (χ2v) is 5.82. The van der Waals surface area contributed by atoms with Crippen LogP contribution in [0.5, 0.6) is 0 Å². The average Bonchev–Trinajstić information content (AvgIpc) is 2.56. The van der Waals surface area contributed by atoms with Crippen LogP contribution >= 0.6 is 11.6 Å². The molecule has 24 heavy (non-hydrogen) atoms. The molecule has 1 unspecified atom stereocenters. The van der Waals surface area contributed by atoms with Crippen LogP contribution in [0.15, 0.2) is 60.8 Å². The Balaban J connectivity index is 2.21. The fourth-order valence-electron chi connectivity index (χ4n) is 2.78. The van der Waals surface area contributed by atoms with Crippen LogP contribution in [0.2, 0.25) is 5.02 Å². The van der Waals surface area contributed by atoms with E-state index in [0.717, 1.165) is 5.56 Å². The summed E-state index contributed by atoms with van der Waals surface area (Å²) in [7, 11) is 0. The highest BCUT2D eigenvalue weighted by molar-refractivity contribution is 6.32. The van der Waals surface area contributed by atoms with Gasteiger partial charge in [0.15, 0.2) is 5.66 Å². The minimum atomic E-state index is -1.08. The van der Waals surface area contributed by atoms with Gasteiger partial charge in [-0.3, -0.25) is 4.79 Å². The minimum Gasteiger partial charge on any atom is -0.361 e. The molecule has 3 rings (SSSR count). The van der Waals surface area contributed by atoms with Crippen molar-refractivity contribution >= 4 is 23.1 Å². The van der Waals surface area contributed by atoms with Gasteiger partial charge in [-0.25, -0.2) is 4.39 Å². The van der Waals surface area contributed by atoms with Crippen molar-refractivity contribution in [1.82, 2.24) is 10.6 Å².